The molecule has 0 aromatic heterocycles. The van der Waals surface area contributed by atoms with Crippen LogP contribution >= 0.6 is 0 Å². The Balaban J connectivity index is 2.27. The maximum Gasteiger partial charge on any atom is 0.184 e. The van der Waals surface area contributed by atoms with E-state index in [9.17, 15) is 9.90 Å². The molecule has 0 aliphatic heterocycles. The number of carbonyl (C=O) groups is 1. The number of carbonyl (C=O) groups excluding carboxylic acids is 1. The third-order valence-corrected chi connectivity index (χ3v) is 10.0. The molecule has 0 spiro atoms. The highest BCUT2D eigenvalue weighted by atomic mass is 28.4. The van der Waals surface area contributed by atoms with Crippen molar-refractivity contribution in [2.24, 2.45) is 28.6 Å². The van der Waals surface area contributed by atoms with Crippen LogP contribution in [0.5, 0.6) is 5.75 Å². The fraction of sp³-hybridized carbons (Fsp3) is 0.686. The van der Waals surface area contributed by atoms with Crippen LogP contribution in [0.15, 0.2) is 54.6 Å². The zero-order valence-electron chi connectivity index (χ0n) is 28.4. The molecular formula is C35H60O5Si2. The monoisotopic (exact) mass is 616 g/mol. The third-order valence-electron chi connectivity index (χ3n) is 8.12. The van der Waals surface area contributed by atoms with Gasteiger partial charge in [0.25, 0.3) is 0 Å². The topological polar surface area (TPSA) is 65.0 Å². The lowest BCUT2D eigenvalue weighted by Crippen LogP contribution is -2.50. The first-order valence-corrected chi connectivity index (χ1v) is 22.1. The minimum Gasteiger partial charge on any atom is -0.494 e. The number of unbranched alkanes of at least 4 members (excludes halogenated alkanes) is 1. The first kappa shape index (κ1) is 36.7. The molecule has 1 aromatic rings. The molecule has 0 fully saturated rings. The molecule has 0 saturated carbocycles. The van der Waals surface area contributed by atoms with Crippen molar-refractivity contribution in [3.05, 3.63) is 54.6 Å². The summed E-state index contributed by atoms with van der Waals surface area (Å²) < 4.78 is 18.8. The van der Waals surface area contributed by atoms with Crippen LogP contribution in [-0.4, -0.2) is 53.2 Å². The number of ketones is 1. The number of aliphatic hydroxyl groups is 1. The van der Waals surface area contributed by atoms with Crippen LogP contribution in [0, 0.1) is 28.6 Å². The van der Waals surface area contributed by atoms with E-state index in [1.807, 2.05) is 42.5 Å². The van der Waals surface area contributed by atoms with Gasteiger partial charge >= 0.3 is 0 Å². The van der Waals surface area contributed by atoms with Gasteiger partial charge in [0, 0.05) is 6.61 Å². The standard InChI is InChI=1S/C35H60O5Si2/c1-33(2,3)28(29(34(4,5)6)22-26-39-41(7)8)19-20-30(36)32-31(37)21-24-35(32,40-42(9,10)11)23-15-16-25-38-27-17-13-12-14-18-27/h12-14,17-21,24,28-30,32,36,41H,15-16,22-23,25-26H2,1-11H3. The Morgan fingerprint density at radius 2 is 1.62 bits per heavy atom. The minimum absolute atomic E-state index is 0.0218. The average molecular weight is 617 g/mol. The van der Waals surface area contributed by atoms with Gasteiger partial charge in [0.1, 0.15) is 5.75 Å². The molecule has 0 amide bonds. The Morgan fingerprint density at radius 1 is 0.976 bits per heavy atom. The third kappa shape index (κ3) is 11.5. The van der Waals surface area contributed by atoms with E-state index in [0.29, 0.717) is 18.9 Å². The molecule has 1 aromatic carbocycles. The van der Waals surface area contributed by atoms with Crippen molar-refractivity contribution >= 4 is 23.1 Å². The Hall–Kier alpha value is -1.52. The van der Waals surface area contributed by atoms with Gasteiger partial charge < -0.3 is 18.7 Å². The van der Waals surface area contributed by atoms with Crippen molar-refractivity contribution in [2.45, 2.75) is 112 Å². The van der Waals surface area contributed by atoms with Crippen LogP contribution in [0.1, 0.15) is 67.2 Å². The maximum absolute atomic E-state index is 13.3. The summed E-state index contributed by atoms with van der Waals surface area (Å²) >= 11 is 0. The van der Waals surface area contributed by atoms with Gasteiger partial charge in [0.05, 0.1) is 24.2 Å². The molecular weight excluding hydrogens is 557 g/mol. The molecule has 0 heterocycles. The molecule has 2 rings (SSSR count). The summed E-state index contributed by atoms with van der Waals surface area (Å²) in [7, 11) is -3.15. The van der Waals surface area contributed by atoms with Gasteiger partial charge in [-0.1, -0.05) is 71.9 Å². The normalized spacial score (nSPS) is 22.2. The summed E-state index contributed by atoms with van der Waals surface area (Å²) in [5.74, 6) is 0.718. The van der Waals surface area contributed by atoms with Crippen LogP contribution in [0.4, 0.5) is 0 Å². The first-order valence-electron chi connectivity index (χ1n) is 15.9. The molecule has 5 nitrogen and oxygen atoms in total. The number of ether oxygens (including phenoxy) is 1. The first-order chi connectivity index (χ1) is 19.4. The lowest BCUT2D eigenvalue weighted by atomic mass is 9.63. The Bertz CT molecular complexity index is 1020. The highest BCUT2D eigenvalue weighted by Crippen LogP contribution is 2.45. The number of rotatable bonds is 16. The van der Waals surface area contributed by atoms with E-state index in [4.69, 9.17) is 13.6 Å². The highest BCUT2D eigenvalue weighted by molar-refractivity contribution is 6.69. The molecule has 0 bridgehead atoms. The van der Waals surface area contributed by atoms with Gasteiger partial charge in [0.2, 0.25) is 0 Å². The number of para-hydroxylation sites is 1. The molecule has 5 atom stereocenters. The number of allylic oxidation sites excluding steroid dienone is 2. The molecule has 1 aliphatic rings. The zero-order chi connectivity index (χ0) is 31.8. The molecule has 42 heavy (non-hydrogen) atoms. The molecule has 0 radical (unpaired) electrons. The van der Waals surface area contributed by atoms with Gasteiger partial charge in [-0.2, -0.15) is 0 Å². The summed E-state index contributed by atoms with van der Waals surface area (Å²) in [5, 5.41) is 11.7. The largest absolute Gasteiger partial charge is 0.494 e. The summed E-state index contributed by atoms with van der Waals surface area (Å²) in [6, 6.07) is 9.83. The average Bonchev–Trinajstić information content (AvgIpc) is 3.15. The number of hydrogen-bond donors (Lipinski definition) is 1. The van der Waals surface area contributed by atoms with Gasteiger partial charge in [-0.25, -0.2) is 0 Å². The van der Waals surface area contributed by atoms with E-state index in [-0.39, 0.29) is 22.5 Å². The number of benzene rings is 1. The van der Waals surface area contributed by atoms with E-state index in [1.54, 1.807) is 6.08 Å². The maximum atomic E-state index is 13.3. The Labute approximate surface area is 260 Å². The second-order valence-corrected chi connectivity index (χ2v) is 22.3. The van der Waals surface area contributed by atoms with Gasteiger partial charge in [0.15, 0.2) is 23.1 Å². The van der Waals surface area contributed by atoms with Crippen molar-refractivity contribution in [3.63, 3.8) is 0 Å². The second-order valence-electron chi connectivity index (χ2n) is 15.4. The van der Waals surface area contributed by atoms with Gasteiger partial charge in [-0.3, -0.25) is 4.79 Å². The van der Waals surface area contributed by atoms with Crippen LogP contribution in [0.2, 0.25) is 32.7 Å². The number of hydrogen-bond acceptors (Lipinski definition) is 5. The Kier molecular flexibility index (Phi) is 13.5. The van der Waals surface area contributed by atoms with Crippen molar-refractivity contribution < 1.29 is 23.5 Å². The van der Waals surface area contributed by atoms with E-state index in [2.05, 4.69) is 80.4 Å². The van der Waals surface area contributed by atoms with E-state index >= 15 is 0 Å². The van der Waals surface area contributed by atoms with Crippen LogP contribution in [-0.2, 0) is 13.6 Å². The summed E-state index contributed by atoms with van der Waals surface area (Å²) in [6.07, 6.45) is 10.0. The Morgan fingerprint density at radius 3 is 2.17 bits per heavy atom. The van der Waals surface area contributed by atoms with Gasteiger partial charge in [-0.05, 0) is 105 Å². The minimum atomic E-state index is -2.06. The molecule has 7 heteroatoms. The van der Waals surface area contributed by atoms with Crippen LogP contribution in [0.25, 0.3) is 0 Å². The van der Waals surface area contributed by atoms with Crippen molar-refractivity contribution in [1.82, 2.24) is 0 Å². The number of aliphatic hydroxyl groups excluding tert-OH is 1. The zero-order valence-corrected chi connectivity index (χ0v) is 30.6. The smallest absolute Gasteiger partial charge is 0.184 e. The fourth-order valence-corrected chi connectivity index (χ4v) is 8.29. The van der Waals surface area contributed by atoms with Gasteiger partial charge in [-0.15, -0.1) is 0 Å². The lowest BCUT2D eigenvalue weighted by Gasteiger charge is -2.43. The van der Waals surface area contributed by atoms with Crippen molar-refractivity contribution in [1.29, 1.82) is 0 Å². The predicted octanol–water partition coefficient (Wildman–Crippen LogP) is 8.21. The lowest BCUT2D eigenvalue weighted by molar-refractivity contribution is -0.126. The molecule has 1 aliphatic carbocycles. The molecule has 0 saturated heterocycles. The predicted molar refractivity (Wildman–Crippen MR) is 181 cm³/mol. The highest BCUT2D eigenvalue weighted by Gasteiger charge is 2.50. The molecule has 5 unspecified atom stereocenters. The summed E-state index contributed by atoms with van der Waals surface area (Å²) in [6.45, 7) is 25.9. The van der Waals surface area contributed by atoms with Crippen molar-refractivity contribution in [2.75, 3.05) is 13.2 Å². The molecule has 238 valence electrons. The van der Waals surface area contributed by atoms with E-state index in [1.165, 1.54) is 0 Å². The SMILES string of the molecule is C[SiH](C)OCCC(C(C=CC(O)C1C(=O)C=CC1(CCCCOc1ccccc1)O[Si](C)(C)C)C(C)(C)C)C(C)(C)C. The van der Waals surface area contributed by atoms with Crippen LogP contribution < -0.4 is 4.74 Å². The molecule has 1 N–H and O–H groups in total. The fourth-order valence-electron chi connectivity index (χ4n) is 6.25. The quantitative estimate of drug-likeness (QED) is 0.115. The summed E-state index contributed by atoms with van der Waals surface area (Å²) in [4.78, 5) is 13.3. The van der Waals surface area contributed by atoms with E-state index in [0.717, 1.165) is 31.6 Å². The second kappa shape index (κ2) is 15.5. The van der Waals surface area contributed by atoms with Crippen LogP contribution in [0.3, 0.4) is 0 Å². The van der Waals surface area contributed by atoms with Crippen molar-refractivity contribution in [3.8, 4) is 5.75 Å². The summed E-state index contributed by atoms with van der Waals surface area (Å²) in [5.41, 5.74) is -0.771. The van der Waals surface area contributed by atoms with E-state index < -0.39 is 35.0 Å².